The smallest absolute Gasteiger partial charge is 0.226 e. The van der Waals surface area contributed by atoms with Gasteiger partial charge in [0.2, 0.25) is 5.91 Å². The number of rotatable bonds is 4. The minimum absolute atomic E-state index is 0.264. The first-order valence-electron chi connectivity index (χ1n) is 10.2. The number of fused-ring (bicyclic) bond motifs is 2. The van der Waals surface area contributed by atoms with Crippen LogP contribution in [0.4, 0.5) is 5.82 Å². The Morgan fingerprint density at radius 2 is 2.07 bits per heavy atom. The van der Waals surface area contributed by atoms with E-state index < -0.39 is 0 Å². The monoisotopic (exact) mass is 366 g/mol. The van der Waals surface area contributed by atoms with Crippen LogP contribution in [-0.2, 0) is 37.3 Å². The SMILES string of the molecule is O=C(C1CCC1)N1CCCn2nc(CNc3ncnc4c3CCC4)cc2C1. The van der Waals surface area contributed by atoms with Gasteiger partial charge in [-0.1, -0.05) is 6.42 Å². The van der Waals surface area contributed by atoms with Crippen LogP contribution in [0.2, 0.25) is 0 Å². The number of aromatic nitrogens is 4. The van der Waals surface area contributed by atoms with E-state index in [2.05, 4.69) is 26.0 Å². The molecule has 1 fully saturated rings. The first-order valence-corrected chi connectivity index (χ1v) is 10.2. The second kappa shape index (κ2) is 6.94. The molecule has 7 heteroatoms. The Labute approximate surface area is 159 Å². The van der Waals surface area contributed by atoms with Crippen LogP contribution in [0.3, 0.4) is 0 Å². The summed E-state index contributed by atoms with van der Waals surface area (Å²) in [4.78, 5) is 23.5. The van der Waals surface area contributed by atoms with Gasteiger partial charge in [-0.25, -0.2) is 9.97 Å². The second-order valence-corrected chi connectivity index (χ2v) is 7.95. The highest BCUT2D eigenvalue weighted by molar-refractivity contribution is 5.79. The molecule has 0 unspecified atom stereocenters. The van der Waals surface area contributed by atoms with Crippen LogP contribution in [0.5, 0.6) is 0 Å². The maximum absolute atomic E-state index is 12.6. The molecule has 1 N–H and O–H groups in total. The molecule has 5 rings (SSSR count). The van der Waals surface area contributed by atoms with Gasteiger partial charge in [-0.05, 0) is 44.6 Å². The van der Waals surface area contributed by atoms with Crippen molar-refractivity contribution in [2.45, 2.75) is 64.6 Å². The molecule has 27 heavy (non-hydrogen) atoms. The van der Waals surface area contributed by atoms with Gasteiger partial charge in [-0.15, -0.1) is 0 Å². The first kappa shape index (κ1) is 16.7. The Hall–Kier alpha value is -2.44. The average Bonchev–Trinajstić information content (AvgIpc) is 3.20. The van der Waals surface area contributed by atoms with E-state index in [0.717, 1.165) is 68.8 Å². The number of carbonyl (C=O) groups is 1. The van der Waals surface area contributed by atoms with Crippen LogP contribution < -0.4 is 5.32 Å². The summed E-state index contributed by atoms with van der Waals surface area (Å²) < 4.78 is 2.08. The third-order valence-electron chi connectivity index (χ3n) is 6.14. The highest BCUT2D eigenvalue weighted by atomic mass is 16.2. The van der Waals surface area contributed by atoms with Crippen LogP contribution in [0.15, 0.2) is 12.4 Å². The fourth-order valence-electron chi connectivity index (χ4n) is 4.40. The summed E-state index contributed by atoms with van der Waals surface area (Å²) in [6, 6.07) is 2.14. The Morgan fingerprint density at radius 3 is 2.93 bits per heavy atom. The standard InChI is InChI=1S/C20H26N6O/c27-20(14-4-1-5-14)25-8-3-9-26-16(12-25)10-15(24-26)11-21-19-17-6-2-7-18(17)22-13-23-19/h10,13-14H,1-9,11-12H2,(H,21,22,23). The largest absolute Gasteiger partial charge is 0.364 e. The molecule has 142 valence electrons. The van der Waals surface area contributed by atoms with Crippen LogP contribution in [0.25, 0.3) is 0 Å². The van der Waals surface area contributed by atoms with Crippen LogP contribution in [0, 0.1) is 5.92 Å². The Morgan fingerprint density at radius 1 is 1.15 bits per heavy atom. The summed E-state index contributed by atoms with van der Waals surface area (Å²) in [6.07, 6.45) is 9.21. The molecule has 1 aliphatic heterocycles. The zero-order valence-electron chi connectivity index (χ0n) is 15.7. The lowest BCUT2D eigenvalue weighted by Crippen LogP contribution is -2.38. The van der Waals surface area contributed by atoms with Gasteiger partial charge in [0.15, 0.2) is 0 Å². The van der Waals surface area contributed by atoms with Crippen molar-refractivity contribution >= 4 is 11.7 Å². The van der Waals surface area contributed by atoms with E-state index in [0.29, 0.717) is 19.0 Å². The van der Waals surface area contributed by atoms with Crippen molar-refractivity contribution < 1.29 is 4.79 Å². The molecule has 0 aromatic carbocycles. The van der Waals surface area contributed by atoms with Crippen molar-refractivity contribution in [3.8, 4) is 0 Å². The molecule has 0 bridgehead atoms. The molecule has 3 heterocycles. The number of aryl methyl sites for hydroxylation is 2. The number of hydrogen-bond donors (Lipinski definition) is 1. The Kier molecular flexibility index (Phi) is 4.30. The predicted octanol–water partition coefficient (Wildman–Crippen LogP) is 2.31. The summed E-state index contributed by atoms with van der Waals surface area (Å²) in [5, 5.41) is 8.21. The normalized spacial score (nSPS) is 19.2. The first-order chi connectivity index (χ1) is 13.3. The fraction of sp³-hybridized carbons (Fsp3) is 0.600. The van der Waals surface area contributed by atoms with Crippen molar-refractivity contribution in [2.75, 3.05) is 11.9 Å². The molecule has 1 saturated carbocycles. The van der Waals surface area contributed by atoms with Crippen LogP contribution in [0.1, 0.15) is 54.7 Å². The van der Waals surface area contributed by atoms with Crippen molar-refractivity contribution in [1.29, 1.82) is 0 Å². The molecule has 2 aromatic rings. The fourth-order valence-corrected chi connectivity index (χ4v) is 4.40. The molecule has 0 saturated heterocycles. The maximum atomic E-state index is 12.6. The van der Waals surface area contributed by atoms with Gasteiger partial charge in [-0.3, -0.25) is 9.48 Å². The molecule has 1 amide bonds. The number of carbonyl (C=O) groups excluding carboxylic acids is 1. The third-order valence-corrected chi connectivity index (χ3v) is 6.14. The number of nitrogens with zero attached hydrogens (tertiary/aromatic N) is 5. The summed E-state index contributed by atoms with van der Waals surface area (Å²) in [5.74, 6) is 1.55. The zero-order valence-corrected chi connectivity index (χ0v) is 15.7. The molecular weight excluding hydrogens is 340 g/mol. The van der Waals surface area contributed by atoms with Gasteiger partial charge in [-0.2, -0.15) is 5.10 Å². The van der Waals surface area contributed by atoms with E-state index in [9.17, 15) is 4.79 Å². The van der Waals surface area contributed by atoms with E-state index in [4.69, 9.17) is 5.10 Å². The van der Waals surface area contributed by atoms with Crippen LogP contribution in [-0.4, -0.2) is 37.1 Å². The molecule has 0 spiro atoms. The number of hydrogen-bond acceptors (Lipinski definition) is 5. The number of amides is 1. The highest BCUT2D eigenvalue weighted by Gasteiger charge is 2.30. The van der Waals surface area contributed by atoms with Crippen molar-refractivity contribution in [1.82, 2.24) is 24.6 Å². The van der Waals surface area contributed by atoms with Gasteiger partial charge in [0.1, 0.15) is 12.1 Å². The Bertz CT molecular complexity index is 856. The van der Waals surface area contributed by atoms with E-state index in [-0.39, 0.29) is 5.92 Å². The molecule has 2 aromatic heterocycles. The minimum Gasteiger partial charge on any atom is -0.364 e. The second-order valence-electron chi connectivity index (χ2n) is 7.95. The summed E-state index contributed by atoms with van der Waals surface area (Å²) in [7, 11) is 0. The quantitative estimate of drug-likeness (QED) is 0.899. The zero-order chi connectivity index (χ0) is 18.2. The molecule has 0 radical (unpaired) electrons. The van der Waals surface area contributed by atoms with Gasteiger partial charge in [0.25, 0.3) is 0 Å². The summed E-state index contributed by atoms with van der Waals surface area (Å²) in [6.45, 7) is 3.07. The van der Waals surface area contributed by atoms with E-state index >= 15 is 0 Å². The molecule has 2 aliphatic carbocycles. The Balaban J connectivity index is 1.28. The lowest BCUT2D eigenvalue weighted by atomic mass is 9.84. The lowest BCUT2D eigenvalue weighted by molar-refractivity contribution is -0.138. The van der Waals surface area contributed by atoms with E-state index in [1.54, 1.807) is 6.33 Å². The minimum atomic E-state index is 0.264. The molecule has 3 aliphatic rings. The maximum Gasteiger partial charge on any atom is 0.226 e. The predicted molar refractivity (Wildman–Crippen MR) is 101 cm³/mol. The van der Waals surface area contributed by atoms with E-state index in [1.807, 2.05) is 4.90 Å². The number of anilines is 1. The molecule has 7 nitrogen and oxygen atoms in total. The molecule has 0 atom stereocenters. The van der Waals surface area contributed by atoms with Crippen molar-refractivity contribution in [3.05, 3.63) is 35.0 Å². The van der Waals surface area contributed by atoms with Gasteiger partial charge in [0, 0.05) is 30.3 Å². The van der Waals surface area contributed by atoms with Crippen LogP contribution >= 0.6 is 0 Å². The lowest BCUT2D eigenvalue weighted by Gasteiger charge is -2.30. The summed E-state index contributed by atoms with van der Waals surface area (Å²) >= 11 is 0. The molecular formula is C20H26N6O. The van der Waals surface area contributed by atoms with Crippen molar-refractivity contribution in [3.63, 3.8) is 0 Å². The topological polar surface area (TPSA) is 75.9 Å². The summed E-state index contributed by atoms with van der Waals surface area (Å²) in [5.41, 5.74) is 4.59. The number of nitrogens with one attached hydrogen (secondary N) is 1. The van der Waals surface area contributed by atoms with Gasteiger partial charge >= 0.3 is 0 Å². The van der Waals surface area contributed by atoms with Gasteiger partial charge in [0.05, 0.1) is 24.5 Å². The van der Waals surface area contributed by atoms with Gasteiger partial charge < -0.3 is 10.2 Å². The van der Waals surface area contributed by atoms with Crippen molar-refractivity contribution in [2.24, 2.45) is 5.92 Å². The average molecular weight is 366 g/mol. The van der Waals surface area contributed by atoms with E-state index in [1.165, 1.54) is 17.7 Å². The highest BCUT2D eigenvalue weighted by Crippen LogP contribution is 2.30. The third kappa shape index (κ3) is 3.19.